The van der Waals surface area contributed by atoms with Gasteiger partial charge in [-0.1, -0.05) is 48.5 Å². The number of carbonyl (C=O) groups excluding carboxylic acids is 1. The van der Waals surface area contributed by atoms with Gasteiger partial charge in [0.25, 0.3) is 0 Å². The standard InChI is InChI=1S/C22H20N4O/c1-26-18(14-21(25-26)20-11-4-5-12-23-20)15-24-22(27)13-17-9-6-8-16-7-2-3-10-19(16)17/h2-12,14H,13,15H2,1H3,(H,24,27). The van der Waals surface area contributed by atoms with Gasteiger partial charge in [-0.15, -0.1) is 0 Å². The van der Waals surface area contributed by atoms with E-state index in [9.17, 15) is 4.79 Å². The van der Waals surface area contributed by atoms with Crippen LogP contribution in [0.1, 0.15) is 11.3 Å². The maximum absolute atomic E-state index is 12.5. The zero-order valence-corrected chi connectivity index (χ0v) is 15.1. The summed E-state index contributed by atoms with van der Waals surface area (Å²) in [5.74, 6) is -0.00746. The van der Waals surface area contributed by atoms with E-state index in [1.807, 2.05) is 55.6 Å². The number of amides is 1. The topological polar surface area (TPSA) is 59.8 Å². The van der Waals surface area contributed by atoms with Crippen molar-refractivity contribution < 1.29 is 4.79 Å². The highest BCUT2D eigenvalue weighted by atomic mass is 16.1. The number of aromatic nitrogens is 3. The van der Waals surface area contributed by atoms with Gasteiger partial charge in [0, 0.05) is 13.2 Å². The van der Waals surface area contributed by atoms with E-state index in [2.05, 4.69) is 33.6 Å². The number of rotatable bonds is 5. The van der Waals surface area contributed by atoms with E-state index in [4.69, 9.17) is 0 Å². The van der Waals surface area contributed by atoms with Crippen LogP contribution in [-0.2, 0) is 24.8 Å². The first-order valence-corrected chi connectivity index (χ1v) is 8.88. The van der Waals surface area contributed by atoms with Crippen molar-refractivity contribution in [3.8, 4) is 11.4 Å². The van der Waals surface area contributed by atoms with Gasteiger partial charge in [-0.05, 0) is 34.5 Å². The molecule has 5 nitrogen and oxygen atoms in total. The predicted octanol–water partition coefficient (Wildman–Crippen LogP) is 3.49. The van der Waals surface area contributed by atoms with Crippen LogP contribution in [0.4, 0.5) is 0 Å². The van der Waals surface area contributed by atoms with Gasteiger partial charge in [0.15, 0.2) is 0 Å². The molecule has 5 heteroatoms. The third kappa shape index (κ3) is 3.72. The van der Waals surface area contributed by atoms with E-state index in [0.717, 1.165) is 33.4 Å². The van der Waals surface area contributed by atoms with Crippen LogP contribution in [0, 0.1) is 0 Å². The van der Waals surface area contributed by atoms with Crippen LogP contribution in [0.15, 0.2) is 72.9 Å². The molecule has 0 saturated heterocycles. The van der Waals surface area contributed by atoms with Crippen molar-refractivity contribution >= 4 is 16.7 Å². The van der Waals surface area contributed by atoms with Crippen LogP contribution in [0.25, 0.3) is 22.2 Å². The molecule has 0 radical (unpaired) electrons. The molecule has 1 N–H and O–H groups in total. The number of nitrogens with zero attached hydrogens (tertiary/aromatic N) is 3. The molecule has 4 rings (SSSR count). The molecular weight excluding hydrogens is 336 g/mol. The Bertz CT molecular complexity index is 1080. The molecule has 0 aliphatic rings. The summed E-state index contributed by atoms with van der Waals surface area (Å²) < 4.78 is 1.78. The average Bonchev–Trinajstić information content (AvgIpc) is 3.08. The molecule has 0 aliphatic carbocycles. The second-order valence-corrected chi connectivity index (χ2v) is 6.45. The first-order valence-electron chi connectivity index (χ1n) is 8.88. The summed E-state index contributed by atoms with van der Waals surface area (Å²) >= 11 is 0. The number of hydrogen-bond acceptors (Lipinski definition) is 3. The summed E-state index contributed by atoms with van der Waals surface area (Å²) in [7, 11) is 1.87. The minimum Gasteiger partial charge on any atom is -0.350 e. The van der Waals surface area contributed by atoms with Gasteiger partial charge in [-0.2, -0.15) is 5.10 Å². The lowest BCUT2D eigenvalue weighted by atomic mass is 10.0. The van der Waals surface area contributed by atoms with Gasteiger partial charge >= 0.3 is 0 Å². The third-order valence-electron chi connectivity index (χ3n) is 4.60. The number of aryl methyl sites for hydroxylation is 1. The van der Waals surface area contributed by atoms with Gasteiger partial charge in [0.05, 0.1) is 24.4 Å². The smallest absolute Gasteiger partial charge is 0.224 e. The van der Waals surface area contributed by atoms with Crippen LogP contribution in [0.5, 0.6) is 0 Å². The van der Waals surface area contributed by atoms with Gasteiger partial charge < -0.3 is 5.32 Å². The molecule has 4 aromatic rings. The lowest BCUT2D eigenvalue weighted by molar-refractivity contribution is -0.120. The Kier molecular flexibility index (Phi) is 4.66. The van der Waals surface area contributed by atoms with Gasteiger partial charge in [0.1, 0.15) is 5.69 Å². The van der Waals surface area contributed by atoms with E-state index >= 15 is 0 Å². The summed E-state index contributed by atoms with van der Waals surface area (Å²) in [6.07, 6.45) is 2.10. The quantitative estimate of drug-likeness (QED) is 0.595. The second-order valence-electron chi connectivity index (χ2n) is 6.45. The SMILES string of the molecule is Cn1nc(-c2ccccn2)cc1CNC(=O)Cc1cccc2ccccc12. The largest absolute Gasteiger partial charge is 0.350 e. The molecule has 2 aromatic carbocycles. The summed E-state index contributed by atoms with van der Waals surface area (Å²) in [5.41, 5.74) is 3.59. The van der Waals surface area contributed by atoms with Crippen LogP contribution >= 0.6 is 0 Å². The lowest BCUT2D eigenvalue weighted by Crippen LogP contribution is -2.25. The number of nitrogens with one attached hydrogen (secondary N) is 1. The predicted molar refractivity (Wildman–Crippen MR) is 106 cm³/mol. The fraction of sp³-hybridized carbons (Fsp3) is 0.136. The summed E-state index contributed by atoms with van der Waals surface area (Å²) in [4.78, 5) is 16.8. The van der Waals surface area contributed by atoms with Crippen molar-refractivity contribution in [2.75, 3.05) is 0 Å². The number of pyridine rings is 1. The molecule has 0 aliphatic heterocycles. The number of fused-ring (bicyclic) bond motifs is 1. The average molecular weight is 356 g/mol. The van der Waals surface area contributed by atoms with E-state index in [1.165, 1.54) is 0 Å². The van der Waals surface area contributed by atoms with E-state index in [-0.39, 0.29) is 5.91 Å². The fourth-order valence-corrected chi connectivity index (χ4v) is 3.18. The monoisotopic (exact) mass is 356 g/mol. The maximum Gasteiger partial charge on any atom is 0.224 e. The fourth-order valence-electron chi connectivity index (χ4n) is 3.18. The molecule has 0 bridgehead atoms. The van der Waals surface area contributed by atoms with Crippen LogP contribution in [0.2, 0.25) is 0 Å². The van der Waals surface area contributed by atoms with Crippen LogP contribution < -0.4 is 5.32 Å². The van der Waals surface area contributed by atoms with Crippen molar-refractivity contribution in [3.05, 3.63) is 84.2 Å². The Morgan fingerprint density at radius 1 is 1.00 bits per heavy atom. The Morgan fingerprint density at radius 2 is 1.81 bits per heavy atom. The Morgan fingerprint density at radius 3 is 2.67 bits per heavy atom. The highest BCUT2D eigenvalue weighted by Crippen LogP contribution is 2.19. The molecule has 134 valence electrons. The summed E-state index contributed by atoms with van der Waals surface area (Å²) in [6, 6.07) is 21.9. The molecule has 0 saturated carbocycles. The molecule has 0 atom stereocenters. The highest BCUT2D eigenvalue weighted by Gasteiger charge is 2.11. The van der Waals surface area contributed by atoms with Gasteiger partial charge in [-0.25, -0.2) is 0 Å². The van der Waals surface area contributed by atoms with Crippen molar-refractivity contribution in [2.24, 2.45) is 7.05 Å². The number of carbonyl (C=O) groups is 1. The molecule has 0 fully saturated rings. The Labute approximate surface area is 157 Å². The first kappa shape index (κ1) is 17.0. The minimum absolute atomic E-state index is 0.00746. The minimum atomic E-state index is -0.00746. The Hall–Kier alpha value is -3.47. The van der Waals surface area contributed by atoms with Crippen molar-refractivity contribution in [1.29, 1.82) is 0 Å². The summed E-state index contributed by atoms with van der Waals surface area (Å²) in [5, 5.41) is 9.75. The molecule has 27 heavy (non-hydrogen) atoms. The molecule has 2 heterocycles. The highest BCUT2D eigenvalue weighted by molar-refractivity contribution is 5.90. The molecule has 2 aromatic heterocycles. The second kappa shape index (κ2) is 7.41. The van der Waals surface area contributed by atoms with Crippen molar-refractivity contribution in [2.45, 2.75) is 13.0 Å². The number of benzene rings is 2. The molecular formula is C22H20N4O. The molecule has 0 spiro atoms. The maximum atomic E-state index is 12.5. The van der Waals surface area contributed by atoms with Gasteiger partial charge in [0.2, 0.25) is 5.91 Å². The van der Waals surface area contributed by atoms with Gasteiger partial charge in [-0.3, -0.25) is 14.5 Å². The lowest BCUT2D eigenvalue weighted by Gasteiger charge is -2.08. The zero-order chi connectivity index (χ0) is 18.6. The zero-order valence-electron chi connectivity index (χ0n) is 15.1. The normalized spacial score (nSPS) is 10.9. The van der Waals surface area contributed by atoms with Crippen LogP contribution in [-0.4, -0.2) is 20.7 Å². The summed E-state index contributed by atoms with van der Waals surface area (Å²) in [6.45, 7) is 0.430. The first-order chi connectivity index (χ1) is 13.2. The van der Waals surface area contributed by atoms with Crippen molar-refractivity contribution in [1.82, 2.24) is 20.1 Å². The Balaban J connectivity index is 1.44. The van der Waals surface area contributed by atoms with Crippen molar-refractivity contribution in [3.63, 3.8) is 0 Å². The van der Waals surface area contributed by atoms with E-state index in [1.54, 1.807) is 10.9 Å². The number of hydrogen-bond donors (Lipinski definition) is 1. The van der Waals surface area contributed by atoms with Crippen LogP contribution in [0.3, 0.4) is 0 Å². The third-order valence-corrected chi connectivity index (χ3v) is 4.60. The van der Waals surface area contributed by atoms with E-state index < -0.39 is 0 Å². The van der Waals surface area contributed by atoms with E-state index in [0.29, 0.717) is 13.0 Å². The molecule has 0 unspecified atom stereocenters. The molecule has 1 amide bonds.